The lowest BCUT2D eigenvalue weighted by molar-refractivity contribution is -0.121. The second kappa shape index (κ2) is 12.1. The van der Waals surface area contributed by atoms with Gasteiger partial charge in [-0.05, 0) is 36.7 Å². The van der Waals surface area contributed by atoms with E-state index in [0.29, 0.717) is 43.1 Å². The second-order valence-electron chi connectivity index (χ2n) is 8.11. The minimum atomic E-state index is 0.00450. The van der Waals surface area contributed by atoms with Crippen LogP contribution in [0.25, 0.3) is 0 Å². The van der Waals surface area contributed by atoms with E-state index in [9.17, 15) is 4.79 Å². The molecule has 1 heterocycles. The van der Waals surface area contributed by atoms with Crippen molar-refractivity contribution in [3.63, 3.8) is 0 Å². The summed E-state index contributed by atoms with van der Waals surface area (Å²) in [7, 11) is 3.70. The van der Waals surface area contributed by atoms with Gasteiger partial charge in [0, 0.05) is 51.8 Å². The standard InChI is InChI=1S/C25H32N4O3/c1-28-10-12-29(13-11-28)19-22-6-3-5-21(15-22)18-27-25(30)7-4-14-32-23-9-8-20(17-26)16-24(23)31-2/h3,5-6,8-9,15-16H,4,7,10-14,18-19H2,1-2H3,(H,27,30). The Morgan fingerprint density at radius 3 is 2.62 bits per heavy atom. The number of methoxy groups -OCH3 is 1. The summed E-state index contributed by atoms with van der Waals surface area (Å²) in [6, 6.07) is 15.5. The fraction of sp³-hybridized carbons (Fsp3) is 0.440. The largest absolute Gasteiger partial charge is 0.493 e. The van der Waals surface area contributed by atoms with Gasteiger partial charge in [-0.2, -0.15) is 5.26 Å². The highest BCUT2D eigenvalue weighted by Crippen LogP contribution is 2.27. The van der Waals surface area contributed by atoms with Gasteiger partial charge in [-0.25, -0.2) is 0 Å². The zero-order chi connectivity index (χ0) is 22.8. The molecule has 0 atom stereocenters. The fourth-order valence-electron chi connectivity index (χ4n) is 3.66. The molecule has 2 aromatic carbocycles. The van der Waals surface area contributed by atoms with Crippen LogP contribution in [0.2, 0.25) is 0 Å². The van der Waals surface area contributed by atoms with Crippen molar-refractivity contribution in [2.45, 2.75) is 25.9 Å². The lowest BCUT2D eigenvalue weighted by Gasteiger charge is -2.32. The SMILES string of the molecule is COc1cc(C#N)ccc1OCCCC(=O)NCc1cccc(CN2CCN(C)CC2)c1. The number of amides is 1. The van der Waals surface area contributed by atoms with Crippen molar-refractivity contribution in [1.82, 2.24) is 15.1 Å². The Morgan fingerprint density at radius 2 is 1.88 bits per heavy atom. The number of hydrogen-bond acceptors (Lipinski definition) is 6. The molecule has 3 rings (SSSR count). The molecule has 0 saturated carbocycles. The van der Waals surface area contributed by atoms with Gasteiger partial charge in [0.15, 0.2) is 11.5 Å². The molecule has 1 aliphatic heterocycles. The van der Waals surface area contributed by atoms with Crippen LogP contribution in [0.4, 0.5) is 0 Å². The summed E-state index contributed by atoms with van der Waals surface area (Å²) < 4.78 is 11.0. The van der Waals surface area contributed by atoms with Gasteiger partial charge >= 0.3 is 0 Å². The molecule has 1 amide bonds. The molecule has 1 saturated heterocycles. The zero-order valence-corrected chi connectivity index (χ0v) is 19.0. The molecule has 0 unspecified atom stereocenters. The molecule has 0 aliphatic carbocycles. The Labute approximate surface area is 190 Å². The number of rotatable bonds is 10. The number of carbonyl (C=O) groups excluding carboxylic acids is 1. The number of ether oxygens (including phenoxy) is 2. The molecular formula is C25H32N4O3. The molecule has 7 nitrogen and oxygen atoms in total. The molecule has 1 fully saturated rings. The number of hydrogen-bond donors (Lipinski definition) is 1. The third-order valence-electron chi connectivity index (χ3n) is 5.58. The van der Waals surface area contributed by atoms with Crippen molar-refractivity contribution in [2.24, 2.45) is 0 Å². The van der Waals surface area contributed by atoms with Crippen LogP contribution in [0, 0.1) is 11.3 Å². The molecule has 1 N–H and O–H groups in total. The van der Waals surface area contributed by atoms with Gasteiger partial charge in [0.05, 0.1) is 25.3 Å². The molecule has 0 radical (unpaired) electrons. The smallest absolute Gasteiger partial charge is 0.220 e. The summed E-state index contributed by atoms with van der Waals surface area (Å²) >= 11 is 0. The highest BCUT2D eigenvalue weighted by atomic mass is 16.5. The van der Waals surface area contributed by atoms with Crippen molar-refractivity contribution in [2.75, 3.05) is 46.9 Å². The van der Waals surface area contributed by atoms with E-state index in [2.05, 4.69) is 46.4 Å². The van der Waals surface area contributed by atoms with Crippen LogP contribution in [-0.4, -0.2) is 62.7 Å². The lowest BCUT2D eigenvalue weighted by Crippen LogP contribution is -2.43. The first-order valence-corrected chi connectivity index (χ1v) is 11.0. The maximum atomic E-state index is 12.2. The van der Waals surface area contributed by atoms with Crippen molar-refractivity contribution in [3.8, 4) is 17.6 Å². The van der Waals surface area contributed by atoms with Crippen LogP contribution in [0.15, 0.2) is 42.5 Å². The Kier molecular flexibility index (Phi) is 8.90. The molecule has 170 valence electrons. The van der Waals surface area contributed by atoms with Gasteiger partial charge in [0.2, 0.25) is 5.91 Å². The van der Waals surface area contributed by atoms with Gasteiger partial charge < -0.3 is 19.7 Å². The number of nitrogens with zero attached hydrogens (tertiary/aromatic N) is 3. The molecule has 0 aromatic heterocycles. The number of nitriles is 1. The van der Waals surface area contributed by atoms with E-state index >= 15 is 0 Å². The summed E-state index contributed by atoms with van der Waals surface area (Å²) in [5.41, 5.74) is 2.91. The topological polar surface area (TPSA) is 77.8 Å². The van der Waals surface area contributed by atoms with E-state index in [1.54, 1.807) is 18.2 Å². The third-order valence-corrected chi connectivity index (χ3v) is 5.58. The predicted molar refractivity (Wildman–Crippen MR) is 124 cm³/mol. The zero-order valence-electron chi connectivity index (χ0n) is 19.0. The quantitative estimate of drug-likeness (QED) is 0.577. The van der Waals surface area contributed by atoms with E-state index in [4.69, 9.17) is 14.7 Å². The monoisotopic (exact) mass is 436 g/mol. The van der Waals surface area contributed by atoms with Gasteiger partial charge in [0.25, 0.3) is 0 Å². The van der Waals surface area contributed by atoms with E-state index in [1.165, 1.54) is 12.7 Å². The predicted octanol–water partition coefficient (Wildman–Crippen LogP) is 2.79. The summed E-state index contributed by atoms with van der Waals surface area (Å²) in [6.45, 7) is 6.28. The van der Waals surface area contributed by atoms with Crippen molar-refractivity contribution >= 4 is 5.91 Å². The second-order valence-corrected chi connectivity index (χ2v) is 8.11. The fourth-order valence-corrected chi connectivity index (χ4v) is 3.66. The Morgan fingerprint density at radius 1 is 1.09 bits per heavy atom. The number of carbonyl (C=O) groups is 1. The van der Waals surface area contributed by atoms with Gasteiger partial charge in [0.1, 0.15) is 0 Å². The van der Waals surface area contributed by atoms with Gasteiger partial charge in [-0.1, -0.05) is 24.3 Å². The van der Waals surface area contributed by atoms with Crippen LogP contribution < -0.4 is 14.8 Å². The summed E-state index contributed by atoms with van der Waals surface area (Å²) in [4.78, 5) is 17.1. The molecule has 2 aromatic rings. The maximum Gasteiger partial charge on any atom is 0.220 e. The van der Waals surface area contributed by atoms with E-state index in [-0.39, 0.29) is 5.91 Å². The highest BCUT2D eigenvalue weighted by molar-refractivity contribution is 5.75. The van der Waals surface area contributed by atoms with Crippen LogP contribution in [-0.2, 0) is 17.9 Å². The molecular weight excluding hydrogens is 404 g/mol. The average Bonchev–Trinajstić information content (AvgIpc) is 2.82. The normalized spacial score (nSPS) is 14.5. The van der Waals surface area contributed by atoms with Gasteiger partial charge in [-0.3, -0.25) is 9.69 Å². The number of piperazine rings is 1. The van der Waals surface area contributed by atoms with E-state index in [0.717, 1.165) is 38.3 Å². The Bertz CT molecular complexity index is 933. The van der Waals surface area contributed by atoms with E-state index in [1.807, 2.05) is 6.07 Å². The minimum Gasteiger partial charge on any atom is -0.493 e. The molecule has 7 heteroatoms. The molecule has 1 aliphatic rings. The van der Waals surface area contributed by atoms with E-state index < -0.39 is 0 Å². The highest BCUT2D eigenvalue weighted by Gasteiger charge is 2.14. The summed E-state index contributed by atoms with van der Waals surface area (Å²) in [5.74, 6) is 1.10. The maximum absolute atomic E-state index is 12.2. The van der Waals surface area contributed by atoms with Crippen LogP contribution >= 0.6 is 0 Å². The van der Waals surface area contributed by atoms with Crippen LogP contribution in [0.1, 0.15) is 29.5 Å². The molecule has 32 heavy (non-hydrogen) atoms. The molecule has 0 spiro atoms. The molecule has 0 bridgehead atoms. The van der Waals surface area contributed by atoms with Crippen molar-refractivity contribution in [3.05, 3.63) is 59.2 Å². The first-order valence-electron chi connectivity index (χ1n) is 11.0. The Balaban J connectivity index is 1.37. The lowest BCUT2D eigenvalue weighted by atomic mass is 10.1. The van der Waals surface area contributed by atoms with Crippen molar-refractivity contribution < 1.29 is 14.3 Å². The first-order chi connectivity index (χ1) is 15.6. The first kappa shape index (κ1) is 23.6. The summed E-state index contributed by atoms with van der Waals surface area (Å²) in [6.07, 6.45) is 0.984. The van der Waals surface area contributed by atoms with Crippen LogP contribution in [0.5, 0.6) is 11.5 Å². The van der Waals surface area contributed by atoms with Crippen LogP contribution in [0.3, 0.4) is 0 Å². The van der Waals surface area contributed by atoms with Crippen molar-refractivity contribution in [1.29, 1.82) is 5.26 Å². The minimum absolute atomic E-state index is 0.00450. The average molecular weight is 437 g/mol. The summed E-state index contributed by atoms with van der Waals surface area (Å²) in [5, 5.41) is 12.0. The third kappa shape index (κ3) is 7.26. The number of benzene rings is 2. The number of nitrogens with one attached hydrogen (secondary N) is 1. The number of likely N-dealkylation sites (N-methyl/N-ethyl adjacent to an activating group) is 1. The Hall–Kier alpha value is -3.08. The van der Waals surface area contributed by atoms with Gasteiger partial charge in [-0.15, -0.1) is 0 Å².